The van der Waals surface area contributed by atoms with E-state index in [9.17, 15) is 9.90 Å². The number of fused-ring (bicyclic) bond motifs is 2. The molecule has 2 heteroatoms. The largest absolute Gasteiger partial charge is 0.393 e. The Hall–Kier alpha value is -0.370. The van der Waals surface area contributed by atoms with E-state index in [0.717, 1.165) is 19.3 Å². The lowest BCUT2D eigenvalue weighted by atomic mass is 9.66. The number of carbonyl (C=O) groups excluding carboxylic acids is 1. The highest BCUT2D eigenvalue weighted by atomic mass is 16.3. The molecule has 2 bridgehead atoms. The predicted molar refractivity (Wildman–Crippen MR) is 59.5 cm³/mol. The van der Waals surface area contributed by atoms with Crippen LogP contribution in [0.2, 0.25) is 0 Å². The summed E-state index contributed by atoms with van der Waals surface area (Å²) in [5.74, 6) is 0.977. The van der Waals surface area contributed by atoms with Crippen molar-refractivity contribution in [3.8, 4) is 0 Å². The molecule has 2 nitrogen and oxygen atoms in total. The number of aliphatic hydroxyl groups is 1. The molecular weight excluding hydrogens is 188 g/mol. The van der Waals surface area contributed by atoms with Crippen molar-refractivity contribution in [3.05, 3.63) is 0 Å². The van der Waals surface area contributed by atoms with Crippen LogP contribution < -0.4 is 0 Å². The quantitative estimate of drug-likeness (QED) is 0.777. The summed E-state index contributed by atoms with van der Waals surface area (Å²) in [6, 6.07) is 0. The van der Waals surface area contributed by atoms with E-state index in [1.165, 1.54) is 6.42 Å². The minimum absolute atomic E-state index is 0.111. The molecule has 0 amide bonds. The zero-order chi connectivity index (χ0) is 11.3. The van der Waals surface area contributed by atoms with Gasteiger partial charge in [-0.15, -0.1) is 0 Å². The molecular formula is C13H22O2. The molecule has 2 rings (SSSR count). The second-order valence-corrected chi connectivity index (χ2v) is 5.93. The van der Waals surface area contributed by atoms with Crippen LogP contribution in [0.1, 0.15) is 52.9 Å². The molecule has 15 heavy (non-hydrogen) atoms. The van der Waals surface area contributed by atoms with E-state index in [2.05, 4.69) is 13.8 Å². The van der Waals surface area contributed by atoms with Crippen molar-refractivity contribution < 1.29 is 9.90 Å². The monoisotopic (exact) mass is 210 g/mol. The summed E-state index contributed by atoms with van der Waals surface area (Å²) in [4.78, 5) is 12.1. The SMILES string of the molecule is CCC(O)CC12CCC(CC1=O)C2(C)C. The van der Waals surface area contributed by atoms with Gasteiger partial charge in [-0.1, -0.05) is 20.8 Å². The summed E-state index contributed by atoms with van der Waals surface area (Å²) >= 11 is 0. The lowest BCUT2D eigenvalue weighted by Gasteiger charge is -2.37. The topological polar surface area (TPSA) is 37.3 Å². The minimum Gasteiger partial charge on any atom is -0.393 e. The molecule has 0 saturated heterocycles. The Labute approximate surface area is 92.1 Å². The number of hydrogen-bond acceptors (Lipinski definition) is 2. The molecule has 2 saturated carbocycles. The van der Waals surface area contributed by atoms with Crippen LogP contribution in [0.25, 0.3) is 0 Å². The van der Waals surface area contributed by atoms with Gasteiger partial charge in [0.05, 0.1) is 6.10 Å². The molecule has 2 aliphatic rings. The highest BCUT2D eigenvalue weighted by Crippen LogP contribution is 2.65. The fourth-order valence-corrected chi connectivity index (χ4v) is 3.80. The van der Waals surface area contributed by atoms with Gasteiger partial charge in [0.1, 0.15) is 5.78 Å². The Morgan fingerprint density at radius 1 is 1.53 bits per heavy atom. The van der Waals surface area contributed by atoms with E-state index in [1.54, 1.807) is 0 Å². The standard InChI is InChI=1S/C13H22O2/c1-4-10(14)8-13-6-5-9(7-11(13)15)12(13,2)3/h9-10,14H,4-8H2,1-3H3. The van der Waals surface area contributed by atoms with Crippen LogP contribution in [0.4, 0.5) is 0 Å². The molecule has 1 N–H and O–H groups in total. The average molecular weight is 210 g/mol. The number of rotatable bonds is 3. The number of aliphatic hydroxyl groups excluding tert-OH is 1. The fourth-order valence-electron chi connectivity index (χ4n) is 3.80. The van der Waals surface area contributed by atoms with Crippen molar-refractivity contribution >= 4 is 5.78 Å². The first kappa shape index (κ1) is 11.1. The Balaban J connectivity index is 2.27. The molecule has 0 radical (unpaired) electrons. The van der Waals surface area contributed by atoms with Gasteiger partial charge < -0.3 is 5.11 Å². The van der Waals surface area contributed by atoms with Gasteiger partial charge in [-0.25, -0.2) is 0 Å². The zero-order valence-electron chi connectivity index (χ0n) is 10.0. The van der Waals surface area contributed by atoms with Gasteiger partial charge in [-0.05, 0) is 37.0 Å². The van der Waals surface area contributed by atoms with Crippen molar-refractivity contribution in [3.63, 3.8) is 0 Å². The molecule has 0 aromatic carbocycles. The molecule has 0 aromatic heterocycles. The molecule has 3 unspecified atom stereocenters. The van der Waals surface area contributed by atoms with Crippen LogP contribution >= 0.6 is 0 Å². The van der Waals surface area contributed by atoms with Gasteiger partial charge in [0.25, 0.3) is 0 Å². The summed E-state index contributed by atoms with van der Waals surface area (Å²) in [7, 11) is 0. The van der Waals surface area contributed by atoms with Crippen molar-refractivity contribution in [2.75, 3.05) is 0 Å². The first-order chi connectivity index (χ1) is 6.94. The maximum atomic E-state index is 12.1. The molecule has 0 spiro atoms. The Morgan fingerprint density at radius 3 is 2.60 bits per heavy atom. The summed E-state index contributed by atoms with van der Waals surface area (Å²) < 4.78 is 0. The third kappa shape index (κ3) is 1.30. The van der Waals surface area contributed by atoms with Crippen molar-refractivity contribution in [2.24, 2.45) is 16.7 Å². The number of hydrogen-bond donors (Lipinski definition) is 1. The van der Waals surface area contributed by atoms with Crippen LogP contribution in [0.3, 0.4) is 0 Å². The maximum Gasteiger partial charge on any atom is 0.139 e. The van der Waals surface area contributed by atoms with Crippen LogP contribution in [0.5, 0.6) is 0 Å². The summed E-state index contributed by atoms with van der Waals surface area (Å²) in [6.45, 7) is 6.43. The minimum atomic E-state index is -0.301. The smallest absolute Gasteiger partial charge is 0.139 e. The lowest BCUT2D eigenvalue weighted by molar-refractivity contribution is -0.131. The van der Waals surface area contributed by atoms with Crippen LogP contribution in [-0.4, -0.2) is 17.0 Å². The Bertz CT molecular complexity index is 282. The van der Waals surface area contributed by atoms with E-state index in [-0.39, 0.29) is 16.9 Å². The summed E-state index contributed by atoms with van der Waals surface area (Å²) in [6.07, 6.45) is 4.07. The molecule has 0 aliphatic heterocycles. The normalized spacial score (nSPS) is 39.7. The molecule has 2 fully saturated rings. The van der Waals surface area contributed by atoms with Crippen molar-refractivity contribution in [2.45, 2.75) is 59.0 Å². The van der Waals surface area contributed by atoms with E-state index in [0.29, 0.717) is 18.1 Å². The molecule has 2 aliphatic carbocycles. The van der Waals surface area contributed by atoms with E-state index >= 15 is 0 Å². The van der Waals surface area contributed by atoms with Gasteiger partial charge in [0, 0.05) is 11.8 Å². The van der Waals surface area contributed by atoms with Crippen molar-refractivity contribution in [1.29, 1.82) is 0 Å². The second kappa shape index (κ2) is 3.31. The Morgan fingerprint density at radius 2 is 2.20 bits per heavy atom. The van der Waals surface area contributed by atoms with Gasteiger partial charge in [0.2, 0.25) is 0 Å². The highest BCUT2D eigenvalue weighted by molar-refractivity contribution is 5.89. The summed E-state index contributed by atoms with van der Waals surface area (Å²) in [5.41, 5.74) is -0.0900. The second-order valence-electron chi connectivity index (χ2n) is 5.93. The van der Waals surface area contributed by atoms with Gasteiger partial charge in [0.15, 0.2) is 0 Å². The maximum absolute atomic E-state index is 12.1. The fraction of sp³-hybridized carbons (Fsp3) is 0.923. The highest BCUT2D eigenvalue weighted by Gasteiger charge is 2.63. The van der Waals surface area contributed by atoms with Crippen LogP contribution in [0.15, 0.2) is 0 Å². The molecule has 0 aromatic rings. The van der Waals surface area contributed by atoms with Crippen LogP contribution in [0, 0.1) is 16.7 Å². The van der Waals surface area contributed by atoms with Gasteiger partial charge >= 0.3 is 0 Å². The van der Waals surface area contributed by atoms with E-state index in [1.807, 2.05) is 6.92 Å². The van der Waals surface area contributed by atoms with E-state index in [4.69, 9.17) is 0 Å². The average Bonchev–Trinajstić information content (AvgIpc) is 2.51. The van der Waals surface area contributed by atoms with Crippen molar-refractivity contribution in [1.82, 2.24) is 0 Å². The van der Waals surface area contributed by atoms with Gasteiger partial charge in [-0.2, -0.15) is 0 Å². The molecule has 3 atom stereocenters. The van der Waals surface area contributed by atoms with E-state index < -0.39 is 0 Å². The van der Waals surface area contributed by atoms with Gasteiger partial charge in [-0.3, -0.25) is 4.79 Å². The number of Topliss-reactive ketones (excluding diaryl/α,β-unsaturated/α-hetero) is 1. The molecule has 0 heterocycles. The number of ketones is 1. The summed E-state index contributed by atoms with van der Waals surface area (Å²) in [5, 5.41) is 9.83. The zero-order valence-corrected chi connectivity index (χ0v) is 10.0. The third-order valence-electron chi connectivity index (χ3n) is 5.19. The lowest BCUT2D eigenvalue weighted by Crippen LogP contribution is -2.39. The first-order valence-electron chi connectivity index (χ1n) is 6.15. The molecule has 86 valence electrons. The third-order valence-corrected chi connectivity index (χ3v) is 5.19. The van der Waals surface area contributed by atoms with Crippen LogP contribution in [-0.2, 0) is 4.79 Å². The first-order valence-corrected chi connectivity index (χ1v) is 6.15. The Kier molecular flexibility index (Phi) is 2.45. The number of carbonyl (C=O) groups is 1. The predicted octanol–water partition coefficient (Wildman–Crippen LogP) is 2.54.